The Morgan fingerprint density at radius 3 is 2.63 bits per heavy atom. The van der Waals surface area contributed by atoms with Gasteiger partial charge in [-0.1, -0.05) is 36.4 Å². The number of hydrogen-bond donors (Lipinski definition) is 1. The summed E-state index contributed by atoms with van der Waals surface area (Å²) in [6.45, 7) is 0.377. The lowest BCUT2D eigenvalue weighted by Crippen LogP contribution is -2.28. The average Bonchev–Trinajstić information content (AvgIpc) is 2.80. The molecule has 96 valence electrons. The molecule has 1 atom stereocenters. The highest BCUT2D eigenvalue weighted by Gasteiger charge is 2.34. The minimum atomic E-state index is -0.406. The first-order valence-corrected chi connectivity index (χ1v) is 6.24. The van der Waals surface area contributed by atoms with Crippen molar-refractivity contribution in [3.05, 3.63) is 42.5 Å². The summed E-state index contributed by atoms with van der Waals surface area (Å²) in [7, 11) is 0. The van der Waals surface area contributed by atoms with Crippen molar-refractivity contribution in [2.24, 2.45) is 11.7 Å². The predicted octanol–water partition coefficient (Wildman–Crippen LogP) is 1.68. The van der Waals surface area contributed by atoms with Gasteiger partial charge in [-0.05, 0) is 11.5 Å². The summed E-state index contributed by atoms with van der Waals surface area (Å²) in [6.07, 6.45) is 0.207. The Morgan fingerprint density at radius 2 is 1.89 bits per heavy atom. The summed E-state index contributed by atoms with van der Waals surface area (Å²) in [5.41, 5.74) is 6.15. The van der Waals surface area contributed by atoms with Crippen LogP contribution in [0, 0.1) is 5.92 Å². The van der Waals surface area contributed by atoms with Crippen molar-refractivity contribution in [3.8, 4) is 0 Å². The van der Waals surface area contributed by atoms with E-state index >= 15 is 0 Å². The molecule has 1 aliphatic rings. The normalized spacial score (nSPS) is 19.1. The van der Waals surface area contributed by atoms with Crippen molar-refractivity contribution in [1.82, 2.24) is 0 Å². The van der Waals surface area contributed by atoms with Crippen LogP contribution in [-0.4, -0.2) is 18.4 Å². The van der Waals surface area contributed by atoms with Gasteiger partial charge in [-0.2, -0.15) is 0 Å². The molecule has 2 aromatic carbocycles. The summed E-state index contributed by atoms with van der Waals surface area (Å²) in [5.74, 6) is -0.831. The molecule has 2 N–H and O–H groups in total. The number of anilines is 1. The van der Waals surface area contributed by atoms with Gasteiger partial charge >= 0.3 is 0 Å². The van der Waals surface area contributed by atoms with Crippen molar-refractivity contribution in [3.63, 3.8) is 0 Å². The molecule has 1 heterocycles. The summed E-state index contributed by atoms with van der Waals surface area (Å²) in [6, 6.07) is 13.7. The van der Waals surface area contributed by atoms with Gasteiger partial charge < -0.3 is 10.6 Å². The SMILES string of the molecule is NC(=O)[C@H]1CC(=O)N(c2cccc3ccccc23)C1. The molecular weight excluding hydrogens is 240 g/mol. The zero-order valence-electron chi connectivity index (χ0n) is 10.4. The van der Waals surface area contributed by atoms with Crippen LogP contribution in [0.5, 0.6) is 0 Å². The highest BCUT2D eigenvalue weighted by atomic mass is 16.2. The van der Waals surface area contributed by atoms with Gasteiger partial charge in [-0.25, -0.2) is 0 Å². The number of carbonyl (C=O) groups excluding carboxylic acids is 2. The van der Waals surface area contributed by atoms with Gasteiger partial charge in [0.05, 0.1) is 11.6 Å². The van der Waals surface area contributed by atoms with Crippen LogP contribution in [-0.2, 0) is 9.59 Å². The minimum absolute atomic E-state index is 0.0415. The Bertz CT molecular complexity index is 661. The summed E-state index contributed by atoms with van der Waals surface area (Å²) in [4.78, 5) is 24.9. The minimum Gasteiger partial charge on any atom is -0.369 e. The molecule has 2 amide bonds. The number of hydrogen-bond acceptors (Lipinski definition) is 2. The van der Waals surface area contributed by atoms with E-state index in [0.717, 1.165) is 16.5 Å². The topological polar surface area (TPSA) is 63.4 Å². The van der Waals surface area contributed by atoms with E-state index in [1.165, 1.54) is 0 Å². The maximum Gasteiger partial charge on any atom is 0.227 e. The van der Waals surface area contributed by atoms with Gasteiger partial charge in [0.25, 0.3) is 0 Å². The summed E-state index contributed by atoms with van der Waals surface area (Å²) < 4.78 is 0. The monoisotopic (exact) mass is 254 g/mol. The van der Waals surface area contributed by atoms with E-state index in [2.05, 4.69) is 0 Å². The number of amides is 2. The lowest BCUT2D eigenvalue weighted by Gasteiger charge is -2.18. The van der Waals surface area contributed by atoms with E-state index in [-0.39, 0.29) is 18.2 Å². The van der Waals surface area contributed by atoms with Crippen LogP contribution in [0.1, 0.15) is 6.42 Å². The van der Waals surface area contributed by atoms with E-state index in [1.807, 2.05) is 42.5 Å². The van der Waals surface area contributed by atoms with Crippen molar-refractivity contribution >= 4 is 28.3 Å². The molecule has 3 rings (SSSR count). The van der Waals surface area contributed by atoms with E-state index in [9.17, 15) is 9.59 Å². The second kappa shape index (κ2) is 4.39. The fourth-order valence-corrected chi connectivity index (χ4v) is 2.57. The van der Waals surface area contributed by atoms with Crippen LogP contribution >= 0.6 is 0 Å². The van der Waals surface area contributed by atoms with E-state index < -0.39 is 5.91 Å². The third kappa shape index (κ3) is 1.95. The molecule has 2 aromatic rings. The maximum absolute atomic E-state index is 12.1. The highest BCUT2D eigenvalue weighted by molar-refractivity contribution is 6.06. The maximum atomic E-state index is 12.1. The van der Waals surface area contributed by atoms with Gasteiger partial charge in [-0.3, -0.25) is 9.59 Å². The molecule has 0 saturated carbocycles. The quantitative estimate of drug-likeness (QED) is 0.886. The second-order valence-corrected chi connectivity index (χ2v) is 4.81. The predicted molar refractivity (Wildman–Crippen MR) is 73.6 cm³/mol. The first-order valence-electron chi connectivity index (χ1n) is 6.24. The molecule has 1 fully saturated rings. The molecule has 0 spiro atoms. The van der Waals surface area contributed by atoms with Crippen molar-refractivity contribution in [1.29, 1.82) is 0 Å². The number of carbonyl (C=O) groups is 2. The number of benzene rings is 2. The van der Waals surface area contributed by atoms with Crippen LogP contribution in [0.2, 0.25) is 0 Å². The third-order valence-electron chi connectivity index (χ3n) is 3.58. The standard InChI is InChI=1S/C15H14N2O2/c16-15(19)11-8-14(18)17(9-11)13-7-3-5-10-4-1-2-6-12(10)13/h1-7,11H,8-9H2,(H2,16,19)/t11-/m0/s1. The van der Waals surface area contributed by atoms with Crippen LogP contribution in [0.3, 0.4) is 0 Å². The van der Waals surface area contributed by atoms with Gasteiger partial charge in [0.15, 0.2) is 0 Å². The fraction of sp³-hybridized carbons (Fsp3) is 0.200. The summed E-state index contributed by atoms with van der Waals surface area (Å²) >= 11 is 0. The molecule has 0 radical (unpaired) electrons. The molecule has 4 heteroatoms. The molecule has 4 nitrogen and oxygen atoms in total. The van der Waals surface area contributed by atoms with E-state index in [0.29, 0.717) is 6.54 Å². The Labute approximate surface area is 110 Å². The first-order chi connectivity index (χ1) is 9.16. The van der Waals surface area contributed by atoms with Crippen molar-refractivity contribution < 1.29 is 9.59 Å². The average molecular weight is 254 g/mol. The fourth-order valence-electron chi connectivity index (χ4n) is 2.57. The molecule has 1 saturated heterocycles. The van der Waals surface area contributed by atoms with E-state index in [1.54, 1.807) is 4.90 Å². The van der Waals surface area contributed by atoms with Crippen LogP contribution in [0.4, 0.5) is 5.69 Å². The van der Waals surface area contributed by atoms with Crippen molar-refractivity contribution in [2.45, 2.75) is 6.42 Å². The molecule has 0 bridgehead atoms. The number of rotatable bonds is 2. The zero-order chi connectivity index (χ0) is 13.4. The molecule has 0 unspecified atom stereocenters. The Kier molecular flexibility index (Phi) is 2.71. The smallest absolute Gasteiger partial charge is 0.227 e. The van der Waals surface area contributed by atoms with Gasteiger partial charge in [0.1, 0.15) is 0 Å². The second-order valence-electron chi connectivity index (χ2n) is 4.81. The summed E-state index contributed by atoms with van der Waals surface area (Å²) in [5, 5.41) is 2.10. The number of nitrogens with two attached hydrogens (primary N) is 1. The van der Waals surface area contributed by atoms with Crippen LogP contribution in [0.25, 0.3) is 10.8 Å². The first kappa shape index (κ1) is 11.7. The van der Waals surface area contributed by atoms with E-state index in [4.69, 9.17) is 5.73 Å². The Hall–Kier alpha value is -2.36. The molecule has 1 aliphatic heterocycles. The van der Waals surface area contributed by atoms with Crippen LogP contribution in [0.15, 0.2) is 42.5 Å². The number of nitrogens with zero attached hydrogens (tertiary/aromatic N) is 1. The number of fused-ring (bicyclic) bond motifs is 1. The third-order valence-corrected chi connectivity index (χ3v) is 3.58. The lowest BCUT2D eigenvalue weighted by molar-refractivity contribution is -0.123. The van der Waals surface area contributed by atoms with Gasteiger partial charge in [-0.15, -0.1) is 0 Å². The molecular formula is C15H14N2O2. The number of primary amides is 1. The Morgan fingerprint density at radius 1 is 1.16 bits per heavy atom. The van der Waals surface area contributed by atoms with Crippen LogP contribution < -0.4 is 10.6 Å². The Balaban J connectivity index is 2.05. The highest BCUT2D eigenvalue weighted by Crippen LogP contribution is 2.31. The van der Waals surface area contributed by atoms with Crippen molar-refractivity contribution in [2.75, 3.05) is 11.4 Å². The lowest BCUT2D eigenvalue weighted by atomic mass is 10.1. The van der Waals surface area contributed by atoms with Gasteiger partial charge in [0.2, 0.25) is 11.8 Å². The molecule has 19 heavy (non-hydrogen) atoms. The molecule has 0 aromatic heterocycles. The van der Waals surface area contributed by atoms with Gasteiger partial charge in [0, 0.05) is 18.4 Å². The largest absolute Gasteiger partial charge is 0.369 e. The molecule has 0 aliphatic carbocycles. The zero-order valence-corrected chi connectivity index (χ0v) is 10.4.